The molecule has 1 unspecified atom stereocenters. The van der Waals surface area contributed by atoms with Gasteiger partial charge in [-0.25, -0.2) is 0 Å². The molecule has 1 aliphatic rings. The van der Waals surface area contributed by atoms with Crippen LogP contribution in [0.4, 0.5) is 0 Å². The molecule has 0 aromatic carbocycles. The summed E-state index contributed by atoms with van der Waals surface area (Å²) in [6, 6.07) is 0. The molecule has 86 valence electrons. The van der Waals surface area contributed by atoms with Crippen LogP contribution < -0.4 is 0 Å². The van der Waals surface area contributed by atoms with Crippen LogP contribution in [-0.2, 0) is 14.2 Å². The lowest BCUT2D eigenvalue weighted by molar-refractivity contribution is -0.191. The minimum Gasteiger partial charge on any atom is -0.385 e. The first kappa shape index (κ1) is 12.2. The Bertz CT molecular complexity index is 227. The molecule has 0 radical (unpaired) electrons. The third-order valence-electron chi connectivity index (χ3n) is 2.17. The molecule has 5 nitrogen and oxygen atoms in total. The quantitative estimate of drug-likeness (QED) is 0.614. The van der Waals surface area contributed by atoms with E-state index in [9.17, 15) is 0 Å². The van der Waals surface area contributed by atoms with Crippen molar-refractivity contribution in [1.29, 1.82) is 0 Å². The second-order valence-electron chi connectivity index (χ2n) is 3.13. The van der Waals surface area contributed by atoms with Gasteiger partial charge in [0.05, 0.1) is 6.61 Å². The fourth-order valence-corrected chi connectivity index (χ4v) is 1.46. The van der Waals surface area contributed by atoms with Gasteiger partial charge in [0.25, 0.3) is 0 Å². The Balaban J connectivity index is 2.58. The van der Waals surface area contributed by atoms with E-state index in [2.05, 4.69) is 4.99 Å². The van der Waals surface area contributed by atoms with Gasteiger partial charge in [0.1, 0.15) is 6.17 Å². The average Bonchev–Trinajstić information content (AvgIpc) is 2.29. The van der Waals surface area contributed by atoms with E-state index in [1.54, 1.807) is 27.5 Å². The lowest BCUT2D eigenvalue weighted by Gasteiger charge is -2.34. The Labute approximate surface area is 90.3 Å². The number of ether oxygens (including phenoxy) is 3. The summed E-state index contributed by atoms with van der Waals surface area (Å²) in [6.45, 7) is 0.659. The van der Waals surface area contributed by atoms with E-state index >= 15 is 0 Å². The second kappa shape index (κ2) is 6.55. The summed E-state index contributed by atoms with van der Waals surface area (Å²) in [5, 5.41) is 0. The van der Waals surface area contributed by atoms with Gasteiger partial charge in [-0.15, -0.1) is 0 Å². The standard InChI is InChI=1S/C10H18N2O3/c1-13-8-5-9-11-6-4-7-12(9)10(14-2)15-3/h4,6-7,9-10H,5,8H2,1-3H3. The van der Waals surface area contributed by atoms with E-state index in [1.807, 2.05) is 17.2 Å². The molecule has 5 heteroatoms. The minimum absolute atomic E-state index is 0.0137. The molecular weight excluding hydrogens is 196 g/mol. The van der Waals surface area contributed by atoms with Crippen molar-refractivity contribution in [1.82, 2.24) is 4.90 Å². The first-order valence-electron chi connectivity index (χ1n) is 4.85. The van der Waals surface area contributed by atoms with Gasteiger partial charge in [-0.2, -0.15) is 0 Å². The maximum atomic E-state index is 5.19. The summed E-state index contributed by atoms with van der Waals surface area (Å²) in [5.74, 6) is 0. The summed E-state index contributed by atoms with van der Waals surface area (Å²) in [6.07, 6.45) is 5.96. The fraction of sp³-hybridized carbons (Fsp3) is 0.700. The molecule has 0 N–H and O–H groups in total. The molecule has 0 saturated heterocycles. The van der Waals surface area contributed by atoms with E-state index in [4.69, 9.17) is 14.2 Å². The Morgan fingerprint density at radius 1 is 1.33 bits per heavy atom. The number of allylic oxidation sites excluding steroid dienone is 1. The smallest absolute Gasteiger partial charge is 0.241 e. The topological polar surface area (TPSA) is 43.3 Å². The van der Waals surface area contributed by atoms with Crippen LogP contribution in [0.1, 0.15) is 6.42 Å². The summed E-state index contributed by atoms with van der Waals surface area (Å²) in [5.41, 5.74) is 0. The molecule has 0 fully saturated rings. The second-order valence-corrected chi connectivity index (χ2v) is 3.13. The number of aliphatic imine (C=N–C) groups is 1. The SMILES string of the molecule is COCCC1N=CC=CN1C(OC)OC. The van der Waals surface area contributed by atoms with Gasteiger partial charge in [-0.05, 0) is 6.08 Å². The molecule has 0 aromatic rings. The van der Waals surface area contributed by atoms with E-state index in [1.165, 1.54) is 0 Å². The average molecular weight is 214 g/mol. The molecule has 0 aromatic heterocycles. The van der Waals surface area contributed by atoms with Crippen LogP contribution in [0.5, 0.6) is 0 Å². The molecule has 0 aliphatic carbocycles. The predicted molar refractivity (Wildman–Crippen MR) is 57.6 cm³/mol. The van der Waals surface area contributed by atoms with Gasteiger partial charge in [0.2, 0.25) is 6.41 Å². The van der Waals surface area contributed by atoms with E-state index in [0.29, 0.717) is 6.61 Å². The van der Waals surface area contributed by atoms with Crippen molar-refractivity contribution in [2.75, 3.05) is 27.9 Å². The molecule has 15 heavy (non-hydrogen) atoms. The van der Waals surface area contributed by atoms with Crippen molar-refractivity contribution in [3.8, 4) is 0 Å². The van der Waals surface area contributed by atoms with Crippen LogP contribution in [0, 0.1) is 0 Å². The molecule has 0 amide bonds. The highest BCUT2D eigenvalue weighted by Crippen LogP contribution is 2.15. The normalized spacial score (nSPS) is 20.3. The van der Waals surface area contributed by atoms with Crippen LogP contribution in [-0.4, -0.2) is 51.6 Å². The van der Waals surface area contributed by atoms with E-state index in [0.717, 1.165) is 6.42 Å². The van der Waals surface area contributed by atoms with Crippen LogP contribution in [0.2, 0.25) is 0 Å². The lowest BCUT2D eigenvalue weighted by atomic mass is 10.3. The molecule has 0 bridgehead atoms. The molecular formula is C10H18N2O3. The van der Waals surface area contributed by atoms with Crippen molar-refractivity contribution >= 4 is 6.21 Å². The van der Waals surface area contributed by atoms with Crippen LogP contribution in [0.3, 0.4) is 0 Å². The van der Waals surface area contributed by atoms with Crippen LogP contribution in [0.25, 0.3) is 0 Å². The fourth-order valence-electron chi connectivity index (χ4n) is 1.46. The van der Waals surface area contributed by atoms with Gasteiger partial charge in [0, 0.05) is 40.2 Å². The van der Waals surface area contributed by atoms with Gasteiger partial charge in [-0.1, -0.05) is 0 Å². The zero-order valence-corrected chi connectivity index (χ0v) is 9.42. The molecule has 1 atom stereocenters. The Kier molecular flexibility index (Phi) is 5.31. The van der Waals surface area contributed by atoms with Gasteiger partial charge in [0.15, 0.2) is 0 Å². The third kappa shape index (κ3) is 3.30. The zero-order chi connectivity index (χ0) is 11.1. The highest BCUT2D eigenvalue weighted by atomic mass is 16.7. The van der Waals surface area contributed by atoms with Crippen molar-refractivity contribution < 1.29 is 14.2 Å². The van der Waals surface area contributed by atoms with E-state index in [-0.39, 0.29) is 6.17 Å². The first-order chi connectivity index (χ1) is 7.33. The zero-order valence-electron chi connectivity index (χ0n) is 9.42. The highest BCUT2D eigenvalue weighted by molar-refractivity contribution is 5.71. The Morgan fingerprint density at radius 2 is 2.07 bits per heavy atom. The molecule has 1 heterocycles. The molecule has 0 saturated carbocycles. The van der Waals surface area contributed by atoms with Gasteiger partial charge < -0.3 is 19.1 Å². The summed E-state index contributed by atoms with van der Waals surface area (Å²) in [4.78, 5) is 6.26. The maximum absolute atomic E-state index is 5.19. The van der Waals surface area contributed by atoms with Gasteiger partial charge >= 0.3 is 0 Å². The molecule has 0 spiro atoms. The Hall–Kier alpha value is -0.910. The largest absolute Gasteiger partial charge is 0.385 e. The third-order valence-corrected chi connectivity index (χ3v) is 2.17. The number of hydrogen-bond acceptors (Lipinski definition) is 5. The number of methoxy groups -OCH3 is 3. The molecule has 1 aliphatic heterocycles. The van der Waals surface area contributed by atoms with Gasteiger partial charge in [-0.3, -0.25) is 4.99 Å². The monoisotopic (exact) mass is 214 g/mol. The Morgan fingerprint density at radius 3 is 2.67 bits per heavy atom. The van der Waals surface area contributed by atoms with Crippen molar-refractivity contribution in [2.45, 2.75) is 19.0 Å². The summed E-state index contributed by atoms with van der Waals surface area (Å²) < 4.78 is 15.4. The summed E-state index contributed by atoms with van der Waals surface area (Å²) >= 11 is 0. The predicted octanol–water partition coefficient (Wildman–Crippen LogP) is 0.825. The number of rotatable bonds is 6. The number of hydrogen-bond donors (Lipinski definition) is 0. The lowest BCUT2D eigenvalue weighted by Crippen LogP contribution is -2.42. The maximum Gasteiger partial charge on any atom is 0.241 e. The van der Waals surface area contributed by atoms with E-state index < -0.39 is 6.41 Å². The highest BCUT2D eigenvalue weighted by Gasteiger charge is 2.23. The minimum atomic E-state index is -0.402. The molecule has 1 rings (SSSR count). The summed E-state index contributed by atoms with van der Waals surface area (Å²) in [7, 11) is 4.89. The van der Waals surface area contributed by atoms with Crippen LogP contribution >= 0.6 is 0 Å². The van der Waals surface area contributed by atoms with Crippen molar-refractivity contribution in [3.63, 3.8) is 0 Å². The number of nitrogens with zero attached hydrogens (tertiary/aromatic N) is 2. The first-order valence-corrected chi connectivity index (χ1v) is 4.85. The van der Waals surface area contributed by atoms with Crippen LogP contribution in [0.15, 0.2) is 17.3 Å². The van der Waals surface area contributed by atoms with Crippen molar-refractivity contribution in [2.24, 2.45) is 4.99 Å². The van der Waals surface area contributed by atoms with Crippen molar-refractivity contribution in [3.05, 3.63) is 12.3 Å².